The second kappa shape index (κ2) is 4.75. The van der Waals surface area contributed by atoms with Gasteiger partial charge in [0.05, 0.1) is 12.1 Å². The third-order valence-electron chi connectivity index (χ3n) is 5.03. The minimum Gasteiger partial charge on any atom is -0.369 e. The molecule has 1 aromatic rings. The fourth-order valence-electron chi connectivity index (χ4n) is 4.80. The number of hydrogen-bond acceptors (Lipinski definition) is 3. The van der Waals surface area contributed by atoms with Crippen molar-refractivity contribution in [1.29, 1.82) is 0 Å². The first kappa shape index (κ1) is 14.4. The number of aliphatic imine (C=N–C) groups is 1. The lowest BCUT2D eigenvalue weighted by molar-refractivity contribution is 0.119. The molecule has 1 aliphatic heterocycles. The number of para-hydroxylation sites is 1. The highest BCUT2D eigenvalue weighted by Gasteiger charge is 2.50. The van der Waals surface area contributed by atoms with Gasteiger partial charge in [0.1, 0.15) is 0 Å². The summed E-state index contributed by atoms with van der Waals surface area (Å²) >= 11 is 0. The molecule has 2 unspecified atom stereocenters. The van der Waals surface area contributed by atoms with Crippen molar-refractivity contribution >= 4 is 11.6 Å². The molecule has 1 spiro atoms. The molecule has 3 rings (SSSR count). The number of anilines is 1. The van der Waals surface area contributed by atoms with Crippen LogP contribution in [0.5, 0.6) is 0 Å². The summed E-state index contributed by atoms with van der Waals surface area (Å²) in [5.41, 5.74) is 9.20. The summed E-state index contributed by atoms with van der Waals surface area (Å²) in [6.45, 7) is 10.1. The summed E-state index contributed by atoms with van der Waals surface area (Å²) in [6, 6.07) is 8.52. The third kappa shape index (κ3) is 2.43. The molecule has 0 radical (unpaired) electrons. The van der Waals surface area contributed by atoms with Gasteiger partial charge < -0.3 is 10.6 Å². The van der Waals surface area contributed by atoms with Gasteiger partial charge in [0, 0.05) is 5.69 Å². The lowest BCUT2D eigenvalue weighted by atomic mass is 9.64. The minimum absolute atomic E-state index is 0.0668. The summed E-state index contributed by atoms with van der Waals surface area (Å²) in [5, 5.41) is 0. The highest BCUT2D eigenvalue weighted by atomic mass is 15.4. The van der Waals surface area contributed by atoms with Crippen molar-refractivity contribution in [2.75, 3.05) is 11.4 Å². The van der Waals surface area contributed by atoms with Crippen LogP contribution in [0.1, 0.15) is 45.6 Å². The number of benzene rings is 1. The topological polar surface area (TPSA) is 41.6 Å². The van der Waals surface area contributed by atoms with Crippen LogP contribution in [0.25, 0.3) is 0 Å². The molecule has 1 fully saturated rings. The molecular weight excluding hydrogens is 258 g/mol. The normalized spacial score (nSPS) is 31.5. The maximum Gasteiger partial charge on any atom is 0.196 e. The summed E-state index contributed by atoms with van der Waals surface area (Å²) in [7, 11) is 0. The molecule has 2 atom stereocenters. The van der Waals surface area contributed by atoms with E-state index in [0.29, 0.717) is 17.3 Å². The number of rotatable bonds is 1. The number of aryl methyl sites for hydroxylation is 1. The van der Waals surface area contributed by atoms with Gasteiger partial charge in [-0.15, -0.1) is 0 Å². The first-order valence-corrected chi connectivity index (χ1v) is 7.99. The summed E-state index contributed by atoms with van der Waals surface area (Å²) in [4.78, 5) is 6.97. The Kier molecular flexibility index (Phi) is 3.27. The molecule has 1 aliphatic carbocycles. The van der Waals surface area contributed by atoms with Crippen LogP contribution in [-0.2, 0) is 0 Å². The molecule has 3 heteroatoms. The maximum absolute atomic E-state index is 6.30. The molecule has 1 saturated carbocycles. The van der Waals surface area contributed by atoms with E-state index in [4.69, 9.17) is 5.73 Å². The molecule has 1 heterocycles. The van der Waals surface area contributed by atoms with Gasteiger partial charge in [0.2, 0.25) is 0 Å². The predicted molar refractivity (Wildman–Crippen MR) is 89.7 cm³/mol. The first-order chi connectivity index (χ1) is 9.83. The fraction of sp³-hybridized carbons (Fsp3) is 0.611. The molecule has 0 aromatic heterocycles. The highest BCUT2D eigenvalue weighted by molar-refractivity contribution is 5.99. The monoisotopic (exact) mass is 285 g/mol. The molecule has 114 valence electrons. The average molecular weight is 285 g/mol. The zero-order valence-corrected chi connectivity index (χ0v) is 13.7. The summed E-state index contributed by atoms with van der Waals surface area (Å²) in [5.74, 6) is 1.40. The lowest BCUT2D eigenvalue weighted by Crippen LogP contribution is -2.57. The molecule has 2 aliphatic rings. The van der Waals surface area contributed by atoms with Crippen LogP contribution in [0.2, 0.25) is 0 Å². The Labute approximate surface area is 128 Å². The zero-order valence-electron chi connectivity index (χ0n) is 13.7. The van der Waals surface area contributed by atoms with Crippen LogP contribution in [0, 0.1) is 18.3 Å². The van der Waals surface area contributed by atoms with Crippen molar-refractivity contribution in [3.05, 3.63) is 29.8 Å². The van der Waals surface area contributed by atoms with Gasteiger partial charge in [-0.3, -0.25) is 4.99 Å². The Morgan fingerprint density at radius 3 is 2.62 bits per heavy atom. The Balaban J connectivity index is 2.05. The van der Waals surface area contributed by atoms with Gasteiger partial charge in [-0.25, -0.2) is 0 Å². The van der Waals surface area contributed by atoms with E-state index >= 15 is 0 Å². The molecule has 21 heavy (non-hydrogen) atoms. The van der Waals surface area contributed by atoms with E-state index < -0.39 is 0 Å². The molecule has 0 bridgehead atoms. The van der Waals surface area contributed by atoms with Crippen molar-refractivity contribution in [2.24, 2.45) is 22.1 Å². The second-order valence-corrected chi connectivity index (χ2v) is 7.88. The first-order valence-electron chi connectivity index (χ1n) is 7.99. The number of nitrogens with zero attached hydrogens (tertiary/aromatic N) is 2. The van der Waals surface area contributed by atoms with Crippen LogP contribution >= 0.6 is 0 Å². The van der Waals surface area contributed by atoms with E-state index in [2.05, 4.69) is 61.9 Å². The van der Waals surface area contributed by atoms with Gasteiger partial charge >= 0.3 is 0 Å². The molecule has 0 saturated heterocycles. The van der Waals surface area contributed by atoms with E-state index in [1.165, 1.54) is 24.1 Å². The Morgan fingerprint density at radius 1 is 1.24 bits per heavy atom. The van der Waals surface area contributed by atoms with E-state index in [1.807, 2.05) is 0 Å². The van der Waals surface area contributed by atoms with Gasteiger partial charge in [-0.2, -0.15) is 0 Å². The van der Waals surface area contributed by atoms with Gasteiger partial charge in [-0.05, 0) is 49.1 Å². The standard InChI is InChI=1S/C18H27N3/c1-13-9-17(3,4)11-18(10-13)12-20-16(19)21(18)15-8-6-5-7-14(15)2/h5-8,13H,9-12H2,1-4H3,(H2,19,20). The molecule has 3 nitrogen and oxygen atoms in total. The van der Waals surface area contributed by atoms with E-state index in [9.17, 15) is 0 Å². The van der Waals surface area contributed by atoms with Crippen molar-refractivity contribution in [2.45, 2.75) is 52.5 Å². The van der Waals surface area contributed by atoms with Crippen molar-refractivity contribution < 1.29 is 0 Å². The molecule has 2 N–H and O–H groups in total. The predicted octanol–water partition coefficient (Wildman–Crippen LogP) is 3.71. The smallest absolute Gasteiger partial charge is 0.196 e. The SMILES string of the molecule is Cc1ccccc1N1C(N)=NCC12CC(C)CC(C)(C)C2. The van der Waals surface area contributed by atoms with Crippen LogP contribution in [0.3, 0.4) is 0 Å². The van der Waals surface area contributed by atoms with Crippen LogP contribution in [0.15, 0.2) is 29.3 Å². The molecule has 0 amide bonds. The van der Waals surface area contributed by atoms with Crippen molar-refractivity contribution in [3.8, 4) is 0 Å². The molecular formula is C18H27N3. The minimum atomic E-state index is 0.0668. The quantitative estimate of drug-likeness (QED) is 0.854. The van der Waals surface area contributed by atoms with Crippen LogP contribution in [-0.4, -0.2) is 18.0 Å². The lowest BCUT2D eigenvalue weighted by Gasteiger charge is -2.50. The highest BCUT2D eigenvalue weighted by Crippen LogP contribution is 2.49. The third-order valence-corrected chi connectivity index (χ3v) is 5.03. The summed E-state index contributed by atoms with van der Waals surface area (Å²) < 4.78 is 0. The zero-order chi connectivity index (χ0) is 15.3. The maximum atomic E-state index is 6.30. The van der Waals surface area contributed by atoms with Crippen molar-refractivity contribution in [1.82, 2.24) is 0 Å². The van der Waals surface area contributed by atoms with E-state index in [-0.39, 0.29) is 5.54 Å². The largest absolute Gasteiger partial charge is 0.369 e. The Hall–Kier alpha value is -1.51. The summed E-state index contributed by atoms with van der Waals surface area (Å²) in [6.07, 6.45) is 3.62. The van der Waals surface area contributed by atoms with Crippen LogP contribution < -0.4 is 10.6 Å². The number of nitrogens with two attached hydrogens (primary N) is 1. The number of guanidine groups is 1. The van der Waals surface area contributed by atoms with Gasteiger partial charge in [-0.1, -0.05) is 39.0 Å². The van der Waals surface area contributed by atoms with Crippen molar-refractivity contribution in [3.63, 3.8) is 0 Å². The second-order valence-electron chi connectivity index (χ2n) is 7.88. The van der Waals surface area contributed by atoms with E-state index in [1.54, 1.807) is 0 Å². The molecule has 1 aromatic carbocycles. The Morgan fingerprint density at radius 2 is 1.95 bits per heavy atom. The van der Waals surface area contributed by atoms with Crippen LogP contribution in [0.4, 0.5) is 5.69 Å². The fourth-order valence-corrected chi connectivity index (χ4v) is 4.80. The van der Waals surface area contributed by atoms with E-state index in [0.717, 1.165) is 13.0 Å². The van der Waals surface area contributed by atoms with Gasteiger partial charge in [0.15, 0.2) is 5.96 Å². The average Bonchev–Trinajstić information content (AvgIpc) is 2.64. The Bertz CT molecular complexity index is 576. The number of hydrogen-bond donors (Lipinski definition) is 1. The van der Waals surface area contributed by atoms with Gasteiger partial charge in [0.25, 0.3) is 0 Å².